The highest BCUT2D eigenvalue weighted by Crippen LogP contribution is 2.18. The third-order valence-electron chi connectivity index (χ3n) is 2.56. The van der Waals surface area contributed by atoms with E-state index in [9.17, 15) is 4.79 Å². The SMILES string of the molecule is CCOCCN(CC)C(=O)c1sccc1C#CCN. The van der Waals surface area contributed by atoms with Crippen molar-refractivity contribution in [3.63, 3.8) is 0 Å². The number of rotatable bonds is 6. The molecule has 1 aromatic rings. The second kappa shape index (κ2) is 8.70. The van der Waals surface area contributed by atoms with Crippen LogP contribution in [-0.4, -0.2) is 43.7 Å². The summed E-state index contributed by atoms with van der Waals surface area (Å²) in [7, 11) is 0. The van der Waals surface area contributed by atoms with Gasteiger partial charge < -0.3 is 15.4 Å². The summed E-state index contributed by atoms with van der Waals surface area (Å²) in [6.07, 6.45) is 0. The van der Waals surface area contributed by atoms with Crippen molar-refractivity contribution < 1.29 is 9.53 Å². The average molecular weight is 280 g/mol. The normalized spacial score (nSPS) is 9.84. The molecule has 0 aliphatic heterocycles. The van der Waals surface area contributed by atoms with Gasteiger partial charge in [0.2, 0.25) is 0 Å². The van der Waals surface area contributed by atoms with Crippen LogP contribution >= 0.6 is 11.3 Å². The topological polar surface area (TPSA) is 55.6 Å². The maximum atomic E-state index is 12.4. The van der Waals surface area contributed by atoms with Crippen molar-refractivity contribution in [2.45, 2.75) is 13.8 Å². The van der Waals surface area contributed by atoms with Crippen molar-refractivity contribution in [2.24, 2.45) is 5.73 Å². The molecule has 0 aromatic carbocycles. The van der Waals surface area contributed by atoms with Crippen LogP contribution in [0.25, 0.3) is 0 Å². The van der Waals surface area contributed by atoms with E-state index in [1.165, 1.54) is 11.3 Å². The standard InChI is InChI=1S/C14H20N2O2S/c1-3-16(9-10-18-4-2)14(17)13-12(6-5-8-15)7-11-19-13/h7,11H,3-4,8-10,15H2,1-2H3. The molecule has 0 saturated heterocycles. The zero-order chi connectivity index (χ0) is 14.1. The van der Waals surface area contributed by atoms with Crippen LogP contribution in [0, 0.1) is 11.8 Å². The molecule has 0 bridgehead atoms. The first-order valence-electron chi connectivity index (χ1n) is 6.38. The maximum absolute atomic E-state index is 12.4. The lowest BCUT2D eigenvalue weighted by molar-refractivity contribution is 0.0673. The van der Waals surface area contributed by atoms with E-state index in [-0.39, 0.29) is 5.91 Å². The third kappa shape index (κ3) is 4.67. The van der Waals surface area contributed by atoms with Gasteiger partial charge in [0.1, 0.15) is 4.88 Å². The van der Waals surface area contributed by atoms with Crippen molar-refractivity contribution in [3.05, 3.63) is 21.9 Å². The van der Waals surface area contributed by atoms with Crippen LogP contribution in [0.15, 0.2) is 11.4 Å². The molecule has 0 fully saturated rings. The Hall–Kier alpha value is -1.35. The first-order chi connectivity index (χ1) is 9.24. The molecule has 1 heterocycles. The Bertz CT molecular complexity index is 460. The Morgan fingerprint density at radius 2 is 2.32 bits per heavy atom. The Labute approximate surface area is 118 Å². The predicted molar refractivity (Wildman–Crippen MR) is 78.3 cm³/mol. The molecule has 1 rings (SSSR count). The van der Waals surface area contributed by atoms with Gasteiger partial charge in [-0.15, -0.1) is 11.3 Å². The van der Waals surface area contributed by atoms with E-state index >= 15 is 0 Å². The van der Waals surface area contributed by atoms with Crippen molar-refractivity contribution in [1.29, 1.82) is 0 Å². The highest BCUT2D eigenvalue weighted by atomic mass is 32.1. The van der Waals surface area contributed by atoms with Crippen LogP contribution in [0.4, 0.5) is 0 Å². The summed E-state index contributed by atoms with van der Waals surface area (Å²) < 4.78 is 5.29. The maximum Gasteiger partial charge on any atom is 0.265 e. The van der Waals surface area contributed by atoms with E-state index in [4.69, 9.17) is 10.5 Å². The van der Waals surface area contributed by atoms with Gasteiger partial charge in [0.25, 0.3) is 5.91 Å². The minimum absolute atomic E-state index is 0.0125. The van der Waals surface area contributed by atoms with Crippen molar-refractivity contribution >= 4 is 17.2 Å². The lowest BCUT2D eigenvalue weighted by Crippen LogP contribution is -2.33. The van der Waals surface area contributed by atoms with E-state index < -0.39 is 0 Å². The van der Waals surface area contributed by atoms with Gasteiger partial charge >= 0.3 is 0 Å². The van der Waals surface area contributed by atoms with Gasteiger partial charge in [0, 0.05) is 25.3 Å². The van der Waals surface area contributed by atoms with Crippen LogP contribution in [0.3, 0.4) is 0 Å². The van der Waals surface area contributed by atoms with Gasteiger partial charge in [-0.05, 0) is 25.3 Å². The number of likely N-dealkylation sites (N-methyl/N-ethyl adjacent to an activating group) is 1. The van der Waals surface area contributed by atoms with Crippen molar-refractivity contribution in [2.75, 3.05) is 32.8 Å². The van der Waals surface area contributed by atoms with Gasteiger partial charge in [-0.1, -0.05) is 11.8 Å². The number of amides is 1. The highest BCUT2D eigenvalue weighted by molar-refractivity contribution is 7.12. The summed E-state index contributed by atoms with van der Waals surface area (Å²) in [6.45, 7) is 6.69. The summed E-state index contributed by atoms with van der Waals surface area (Å²) >= 11 is 1.42. The number of nitrogens with two attached hydrogens (primary N) is 1. The first kappa shape index (κ1) is 15.7. The molecule has 19 heavy (non-hydrogen) atoms. The molecule has 0 aliphatic rings. The lowest BCUT2D eigenvalue weighted by atomic mass is 10.2. The van der Waals surface area contributed by atoms with Gasteiger partial charge in [0.15, 0.2) is 0 Å². The van der Waals surface area contributed by atoms with Gasteiger partial charge in [-0.2, -0.15) is 0 Å². The quantitative estimate of drug-likeness (QED) is 0.635. The number of nitrogens with zero attached hydrogens (tertiary/aromatic N) is 1. The van der Waals surface area contributed by atoms with Crippen LogP contribution in [0.1, 0.15) is 29.1 Å². The molecule has 0 unspecified atom stereocenters. The molecule has 1 aromatic heterocycles. The number of thiophene rings is 1. The number of carbonyl (C=O) groups excluding carboxylic acids is 1. The fourth-order valence-corrected chi connectivity index (χ4v) is 2.40. The van der Waals surface area contributed by atoms with E-state index in [2.05, 4.69) is 11.8 Å². The Morgan fingerprint density at radius 1 is 1.53 bits per heavy atom. The van der Waals surface area contributed by atoms with Crippen LogP contribution in [0.5, 0.6) is 0 Å². The largest absolute Gasteiger partial charge is 0.380 e. The minimum atomic E-state index is 0.0125. The summed E-state index contributed by atoms with van der Waals surface area (Å²) in [5.74, 6) is 5.73. The first-order valence-corrected chi connectivity index (χ1v) is 7.26. The smallest absolute Gasteiger partial charge is 0.265 e. The second-order valence-corrected chi connectivity index (χ2v) is 4.67. The Morgan fingerprint density at radius 3 is 2.95 bits per heavy atom. The zero-order valence-electron chi connectivity index (χ0n) is 11.4. The second-order valence-electron chi connectivity index (χ2n) is 3.75. The van der Waals surface area contributed by atoms with Gasteiger partial charge in [0.05, 0.1) is 13.2 Å². The molecule has 0 atom stereocenters. The lowest BCUT2D eigenvalue weighted by Gasteiger charge is -2.20. The van der Waals surface area contributed by atoms with Crippen molar-refractivity contribution in [3.8, 4) is 11.8 Å². The molecule has 0 radical (unpaired) electrons. The zero-order valence-corrected chi connectivity index (χ0v) is 12.3. The summed E-state index contributed by atoms with van der Waals surface area (Å²) in [5, 5.41) is 1.88. The molecular formula is C14H20N2O2S. The molecule has 0 saturated carbocycles. The fraction of sp³-hybridized carbons (Fsp3) is 0.500. The molecule has 0 spiro atoms. The average Bonchev–Trinajstić information content (AvgIpc) is 2.89. The number of ether oxygens (including phenoxy) is 1. The Kier molecular flexibility index (Phi) is 7.19. The Balaban J connectivity index is 2.77. The number of hydrogen-bond acceptors (Lipinski definition) is 4. The summed E-state index contributed by atoms with van der Waals surface area (Å²) in [6, 6.07) is 1.86. The fourth-order valence-electron chi connectivity index (χ4n) is 1.59. The van der Waals surface area contributed by atoms with Gasteiger partial charge in [-0.3, -0.25) is 4.79 Å². The predicted octanol–water partition coefficient (Wildman–Crippen LogP) is 1.56. The third-order valence-corrected chi connectivity index (χ3v) is 3.47. The van der Waals surface area contributed by atoms with E-state index in [1.807, 2.05) is 25.3 Å². The molecule has 1 amide bonds. The van der Waals surface area contributed by atoms with E-state index in [1.54, 1.807) is 4.90 Å². The molecular weight excluding hydrogens is 260 g/mol. The molecule has 0 aliphatic carbocycles. The van der Waals surface area contributed by atoms with E-state index in [0.717, 1.165) is 5.56 Å². The number of hydrogen-bond donors (Lipinski definition) is 1. The highest BCUT2D eigenvalue weighted by Gasteiger charge is 2.18. The molecule has 104 valence electrons. The van der Waals surface area contributed by atoms with Crippen LogP contribution < -0.4 is 5.73 Å². The molecule has 4 nitrogen and oxygen atoms in total. The van der Waals surface area contributed by atoms with Gasteiger partial charge in [-0.25, -0.2) is 0 Å². The molecule has 5 heteroatoms. The number of carbonyl (C=O) groups is 1. The van der Waals surface area contributed by atoms with Crippen molar-refractivity contribution in [1.82, 2.24) is 4.90 Å². The van der Waals surface area contributed by atoms with E-state index in [0.29, 0.717) is 37.7 Å². The van der Waals surface area contributed by atoms with Crippen LogP contribution in [-0.2, 0) is 4.74 Å². The summed E-state index contributed by atoms with van der Waals surface area (Å²) in [4.78, 5) is 14.8. The summed E-state index contributed by atoms with van der Waals surface area (Å²) in [5.41, 5.74) is 6.12. The molecule has 2 N–H and O–H groups in total. The monoisotopic (exact) mass is 280 g/mol. The minimum Gasteiger partial charge on any atom is -0.380 e. The van der Waals surface area contributed by atoms with Crippen LogP contribution in [0.2, 0.25) is 0 Å².